The van der Waals surface area contributed by atoms with Gasteiger partial charge in [0.2, 0.25) is 0 Å². The van der Waals surface area contributed by atoms with Crippen molar-refractivity contribution in [1.29, 1.82) is 0 Å². The highest BCUT2D eigenvalue weighted by molar-refractivity contribution is 7.99. The molecule has 0 radical (unpaired) electrons. The summed E-state index contributed by atoms with van der Waals surface area (Å²) in [6, 6.07) is 1.87. The number of hydrogen-bond donors (Lipinski definition) is 0. The predicted molar refractivity (Wildman–Crippen MR) is 76.7 cm³/mol. The molecule has 0 N–H and O–H groups in total. The largest absolute Gasteiger partial charge is 0.231 e. The van der Waals surface area contributed by atoms with Gasteiger partial charge < -0.3 is 0 Å². The number of rotatable bonds is 4. The van der Waals surface area contributed by atoms with Crippen LogP contribution in [0.3, 0.4) is 0 Å². The molecule has 19 heavy (non-hydrogen) atoms. The maximum absolute atomic E-state index is 6.15. The lowest BCUT2D eigenvalue weighted by atomic mass is 10.3. The number of nitrogens with zero attached hydrogens (tertiary/aromatic N) is 4. The lowest BCUT2D eigenvalue weighted by Crippen LogP contribution is -2.00. The van der Waals surface area contributed by atoms with E-state index in [9.17, 15) is 0 Å². The van der Waals surface area contributed by atoms with Gasteiger partial charge in [0.15, 0.2) is 5.16 Å². The first kappa shape index (κ1) is 14.2. The third-order valence-electron chi connectivity index (χ3n) is 2.52. The summed E-state index contributed by atoms with van der Waals surface area (Å²) in [5.74, 6) is 0.772. The zero-order valence-electron chi connectivity index (χ0n) is 11.1. The molecule has 0 aliphatic heterocycles. The maximum Gasteiger partial charge on any atom is 0.194 e. The highest BCUT2D eigenvalue weighted by Gasteiger charge is 2.12. The van der Waals surface area contributed by atoms with E-state index in [0.717, 1.165) is 34.9 Å². The number of hydrogen-bond acceptors (Lipinski definition) is 5. The molecule has 4 nitrogen and oxygen atoms in total. The molecule has 2 aromatic heterocycles. The first-order chi connectivity index (χ1) is 9.10. The molecule has 2 rings (SSSR count). The Morgan fingerprint density at radius 1 is 1.21 bits per heavy atom. The molecule has 0 aliphatic rings. The van der Waals surface area contributed by atoms with Gasteiger partial charge in [-0.1, -0.05) is 18.5 Å². The van der Waals surface area contributed by atoms with Crippen LogP contribution in [0.4, 0.5) is 0 Å². The number of aromatic nitrogens is 4. The van der Waals surface area contributed by atoms with E-state index < -0.39 is 0 Å². The van der Waals surface area contributed by atoms with E-state index in [2.05, 4.69) is 26.9 Å². The van der Waals surface area contributed by atoms with E-state index in [4.69, 9.17) is 11.6 Å². The van der Waals surface area contributed by atoms with Gasteiger partial charge in [-0.05, 0) is 38.1 Å². The van der Waals surface area contributed by atoms with E-state index in [1.165, 1.54) is 11.8 Å². The Kier molecular flexibility index (Phi) is 4.71. The maximum atomic E-state index is 6.15. The van der Waals surface area contributed by atoms with Crippen molar-refractivity contribution < 1.29 is 0 Å². The van der Waals surface area contributed by atoms with Crippen LogP contribution in [-0.4, -0.2) is 19.9 Å². The summed E-state index contributed by atoms with van der Waals surface area (Å²) in [4.78, 5) is 17.4. The van der Waals surface area contributed by atoms with Crippen molar-refractivity contribution in [3.8, 4) is 0 Å². The average molecular weight is 295 g/mol. The molecule has 0 bridgehead atoms. The first-order valence-electron chi connectivity index (χ1n) is 6.10. The fraction of sp³-hybridized carbons (Fsp3) is 0.385. The molecule has 2 aromatic rings. The Bertz CT molecular complexity index is 589. The molecular formula is C13H15ClN4S. The third-order valence-corrected chi connectivity index (χ3v) is 3.86. The van der Waals surface area contributed by atoms with Gasteiger partial charge in [-0.15, -0.1) is 0 Å². The van der Waals surface area contributed by atoms with Gasteiger partial charge >= 0.3 is 0 Å². The molecule has 0 amide bonds. The Morgan fingerprint density at radius 2 is 2.00 bits per heavy atom. The zero-order valence-corrected chi connectivity index (χ0v) is 12.7. The van der Waals surface area contributed by atoms with Gasteiger partial charge in [0.25, 0.3) is 0 Å². The Balaban J connectivity index is 2.33. The van der Waals surface area contributed by atoms with Crippen LogP contribution in [0.15, 0.2) is 22.4 Å². The summed E-state index contributed by atoms with van der Waals surface area (Å²) in [7, 11) is 0. The van der Waals surface area contributed by atoms with Gasteiger partial charge in [-0.3, -0.25) is 0 Å². The van der Waals surface area contributed by atoms with E-state index in [1.54, 1.807) is 6.20 Å². The minimum atomic E-state index is 0.508. The minimum absolute atomic E-state index is 0.508. The molecule has 0 atom stereocenters. The Morgan fingerprint density at radius 3 is 2.68 bits per heavy atom. The van der Waals surface area contributed by atoms with Crippen LogP contribution < -0.4 is 0 Å². The van der Waals surface area contributed by atoms with Crippen molar-refractivity contribution in [1.82, 2.24) is 19.9 Å². The molecule has 6 heteroatoms. The van der Waals surface area contributed by atoms with Crippen LogP contribution in [0.2, 0.25) is 5.15 Å². The van der Waals surface area contributed by atoms with Crippen LogP contribution in [0, 0.1) is 13.8 Å². The average Bonchev–Trinajstić information content (AvgIpc) is 2.36. The first-order valence-corrected chi connectivity index (χ1v) is 7.30. The minimum Gasteiger partial charge on any atom is -0.231 e. The zero-order chi connectivity index (χ0) is 13.8. The smallest absolute Gasteiger partial charge is 0.194 e. The standard InChI is InChI=1S/C13H15ClN4S/c1-4-5-10-17-11(14)9(3)12(18-10)19-13-15-7-6-8(2)16-13/h6-7H,4-5H2,1-3H3. The van der Waals surface area contributed by atoms with E-state index in [1.807, 2.05) is 19.9 Å². The van der Waals surface area contributed by atoms with E-state index in [0.29, 0.717) is 10.3 Å². The second kappa shape index (κ2) is 6.30. The summed E-state index contributed by atoms with van der Waals surface area (Å²) >= 11 is 7.57. The summed E-state index contributed by atoms with van der Waals surface area (Å²) < 4.78 is 0. The second-order valence-electron chi connectivity index (χ2n) is 4.19. The Labute approximate surface area is 122 Å². The van der Waals surface area contributed by atoms with Gasteiger partial charge in [0.1, 0.15) is 16.0 Å². The van der Waals surface area contributed by atoms with Crippen LogP contribution in [0.25, 0.3) is 0 Å². The van der Waals surface area contributed by atoms with Gasteiger partial charge in [-0.2, -0.15) is 0 Å². The predicted octanol–water partition coefficient (Wildman–Crippen LogP) is 3.64. The molecule has 0 fully saturated rings. The molecule has 100 valence electrons. The molecule has 0 aromatic carbocycles. The quantitative estimate of drug-likeness (QED) is 0.636. The SMILES string of the molecule is CCCc1nc(Cl)c(C)c(Sc2nccc(C)n2)n1. The Hall–Kier alpha value is -1.20. The summed E-state index contributed by atoms with van der Waals surface area (Å²) in [6.45, 7) is 5.94. The molecule has 2 heterocycles. The lowest BCUT2D eigenvalue weighted by Gasteiger charge is -2.07. The van der Waals surface area contributed by atoms with E-state index in [-0.39, 0.29) is 0 Å². The van der Waals surface area contributed by atoms with E-state index >= 15 is 0 Å². The normalized spacial score (nSPS) is 10.7. The molecular weight excluding hydrogens is 280 g/mol. The van der Waals surface area contributed by atoms with Gasteiger partial charge in [0.05, 0.1) is 0 Å². The van der Waals surface area contributed by atoms with Gasteiger partial charge in [0, 0.05) is 23.9 Å². The van der Waals surface area contributed by atoms with Crippen LogP contribution in [-0.2, 0) is 6.42 Å². The number of halogens is 1. The number of aryl methyl sites for hydroxylation is 2. The fourth-order valence-electron chi connectivity index (χ4n) is 1.51. The lowest BCUT2D eigenvalue weighted by molar-refractivity contribution is 0.799. The van der Waals surface area contributed by atoms with Crippen LogP contribution in [0.5, 0.6) is 0 Å². The monoisotopic (exact) mass is 294 g/mol. The summed E-state index contributed by atoms with van der Waals surface area (Å²) in [6.07, 6.45) is 3.56. The molecule has 0 spiro atoms. The van der Waals surface area contributed by atoms with Crippen LogP contribution >= 0.6 is 23.4 Å². The van der Waals surface area contributed by atoms with Crippen molar-refractivity contribution in [2.45, 2.75) is 43.8 Å². The van der Waals surface area contributed by atoms with Crippen molar-refractivity contribution in [2.75, 3.05) is 0 Å². The molecule has 0 aliphatic carbocycles. The molecule has 0 saturated heterocycles. The van der Waals surface area contributed by atoms with Gasteiger partial charge in [-0.25, -0.2) is 19.9 Å². The van der Waals surface area contributed by atoms with Crippen molar-refractivity contribution in [2.24, 2.45) is 0 Å². The van der Waals surface area contributed by atoms with Crippen molar-refractivity contribution >= 4 is 23.4 Å². The third kappa shape index (κ3) is 3.64. The molecule has 0 saturated carbocycles. The second-order valence-corrected chi connectivity index (χ2v) is 5.51. The highest BCUT2D eigenvalue weighted by atomic mass is 35.5. The molecule has 0 unspecified atom stereocenters. The summed E-state index contributed by atoms with van der Waals surface area (Å²) in [5, 5.41) is 2.02. The topological polar surface area (TPSA) is 51.6 Å². The van der Waals surface area contributed by atoms with Crippen molar-refractivity contribution in [3.63, 3.8) is 0 Å². The fourth-order valence-corrected chi connectivity index (χ4v) is 2.63. The van der Waals surface area contributed by atoms with Crippen LogP contribution in [0.1, 0.15) is 30.4 Å². The summed E-state index contributed by atoms with van der Waals surface area (Å²) in [5.41, 5.74) is 1.81. The van der Waals surface area contributed by atoms with Crippen molar-refractivity contribution in [3.05, 3.63) is 34.5 Å². The highest BCUT2D eigenvalue weighted by Crippen LogP contribution is 2.29.